The van der Waals surface area contributed by atoms with Crippen molar-refractivity contribution in [2.24, 2.45) is 0 Å². The number of halogens is 2. The Morgan fingerprint density at radius 3 is 2.38 bits per heavy atom. The van der Waals surface area contributed by atoms with Gasteiger partial charge in [0.1, 0.15) is 22.9 Å². The molecule has 1 aliphatic heterocycles. The fraction of sp³-hybridized carbons (Fsp3) is 0.259. The van der Waals surface area contributed by atoms with Crippen molar-refractivity contribution in [3.63, 3.8) is 0 Å². The number of nitrogens with zero attached hydrogens (tertiary/aromatic N) is 5. The summed E-state index contributed by atoms with van der Waals surface area (Å²) < 4.78 is 18.6. The molecule has 0 bridgehead atoms. The van der Waals surface area contributed by atoms with Gasteiger partial charge in [-0.05, 0) is 54.1 Å². The fourth-order valence-electron chi connectivity index (χ4n) is 4.26. The van der Waals surface area contributed by atoms with Crippen LogP contribution >= 0.6 is 11.6 Å². The molecule has 10 heteroatoms. The van der Waals surface area contributed by atoms with Crippen LogP contribution in [0.1, 0.15) is 11.4 Å². The van der Waals surface area contributed by atoms with E-state index in [1.807, 2.05) is 36.4 Å². The largest absolute Gasteiger partial charge is 0.497 e. The zero-order chi connectivity index (χ0) is 25.8. The van der Waals surface area contributed by atoms with E-state index in [1.165, 1.54) is 12.1 Å². The molecule has 0 spiro atoms. The number of piperazine rings is 1. The first-order chi connectivity index (χ1) is 18.0. The van der Waals surface area contributed by atoms with Crippen LogP contribution in [0.15, 0.2) is 60.7 Å². The Hall–Kier alpha value is -3.98. The zero-order valence-electron chi connectivity index (χ0n) is 20.3. The molecule has 0 unspecified atom stereocenters. The molecular weight excluding hydrogens is 495 g/mol. The van der Waals surface area contributed by atoms with E-state index in [0.29, 0.717) is 61.1 Å². The molecule has 0 radical (unpaired) electrons. The van der Waals surface area contributed by atoms with Crippen LogP contribution in [0.3, 0.4) is 0 Å². The number of alkyl halides is 1. The molecule has 8 nitrogen and oxygen atoms in total. The van der Waals surface area contributed by atoms with Gasteiger partial charge in [-0.25, -0.2) is 24.1 Å². The minimum Gasteiger partial charge on any atom is -0.497 e. The Balaban J connectivity index is 1.30. The number of anilines is 1. The number of rotatable bonds is 6. The van der Waals surface area contributed by atoms with Crippen molar-refractivity contribution in [3.05, 3.63) is 77.9 Å². The molecule has 37 heavy (non-hydrogen) atoms. The molecular formula is C27H26ClFN6O2. The Bertz CT molecular complexity index is 1390. The predicted octanol–water partition coefficient (Wildman–Crippen LogP) is 4.61. The molecule has 0 atom stereocenters. The molecule has 1 fully saturated rings. The summed E-state index contributed by atoms with van der Waals surface area (Å²) in [6, 6.07) is 17.4. The summed E-state index contributed by atoms with van der Waals surface area (Å²) in [7, 11) is 1.62. The van der Waals surface area contributed by atoms with Gasteiger partial charge in [-0.3, -0.25) is 0 Å². The van der Waals surface area contributed by atoms with Crippen LogP contribution in [0, 0.1) is 5.82 Å². The van der Waals surface area contributed by atoms with Gasteiger partial charge >= 0.3 is 6.03 Å². The zero-order valence-corrected chi connectivity index (χ0v) is 21.1. The van der Waals surface area contributed by atoms with Crippen molar-refractivity contribution in [1.82, 2.24) is 25.2 Å². The van der Waals surface area contributed by atoms with Crippen LogP contribution in [0.4, 0.5) is 15.0 Å². The van der Waals surface area contributed by atoms with E-state index in [2.05, 4.69) is 20.2 Å². The maximum atomic E-state index is 13.4. The summed E-state index contributed by atoms with van der Waals surface area (Å²) in [6.07, 6.45) is 0. The lowest BCUT2D eigenvalue weighted by Crippen LogP contribution is -2.52. The van der Waals surface area contributed by atoms with Crippen LogP contribution in [0.2, 0.25) is 0 Å². The Morgan fingerprint density at radius 2 is 1.70 bits per heavy atom. The summed E-state index contributed by atoms with van der Waals surface area (Å²) in [4.78, 5) is 30.7. The third-order valence-electron chi connectivity index (χ3n) is 6.30. The summed E-state index contributed by atoms with van der Waals surface area (Å²) in [6.45, 7) is 2.69. The number of nitrogens with one attached hydrogen (secondary N) is 1. The molecule has 2 aromatic carbocycles. The molecule has 190 valence electrons. The molecule has 1 saturated heterocycles. The number of methoxy groups -OCH3 is 1. The van der Waals surface area contributed by atoms with E-state index in [9.17, 15) is 9.18 Å². The number of fused-ring (bicyclic) bond motifs is 1. The molecule has 0 aliphatic carbocycles. The topological polar surface area (TPSA) is 83.5 Å². The van der Waals surface area contributed by atoms with Gasteiger partial charge in [0, 0.05) is 38.3 Å². The van der Waals surface area contributed by atoms with Crippen molar-refractivity contribution in [1.29, 1.82) is 0 Å². The normalized spacial score (nSPS) is 13.6. The highest BCUT2D eigenvalue weighted by Gasteiger charge is 2.24. The monoisotopic (exact) mass is 520 g/mol. The highest BCUT2D eigenvalue weighted by molar-refractivity contribution is 6.16. The lowest BCUT2D eigenvalue weighted by atomic mass is 10.1. The maximum Gasteiger partial charge on any atom is 0.317 e. The van der Waals surface area contributed by atoms with Gasteiger partial charge in [0.15, 0.2) is 5.82 Å². The molecule has 0 saturated carbocycles. The lowest BCUT2D eigenvalue weighted by Gasteiger charge is -2.35. The first-order valence-corrected chi connectivity index (χ1v) is 12.5. The lowest BCUT2D eigenvalue weighted by molar-refractivity contribution is 0.194. The van der Waals surface area contributed by atoms with Crippen LogP contribution < -0.4 is 15.0 Å². The second-order valence-corrected chi connectivity index (χ2v) is 8.92. The van der Waals surface area contributed by atoms with Gasteiger partial charge < -0.3 is 19.9 Å². The Morgan fingerprint density at radius 1 is 0.973 bits per heavy atom. The smallest absolute Gasteiger partial charge is 0.317 e. The summed E-state index contributed by atoms with van der Waals surface area (Å²) in [5, 5.41) is 2.98. The van der Waals surface area contributed by atoms with Gasteiger partial charge in [0.05, 0.1) is 24.2 Å². The van der Waals surface area contributed by atoms with Crippen molar-refractivity contribution >= 4 is 34.5 Å². The number of carbonyl (C=O) groups excluding carboxylic acids is 1. The van der Waals surface area contributed by atoms with E-state index < -0.39 is 0 Å². The van der Waals surface area contributed by atoms with Crippen LogP contribution in [0.25, 0.3) is 22.3 Å². The highest BCUT2D eigenvalue weighted by Crippen LogP contribution is 2.27. The van der Waals surface area contributed by atoms with Crippen molar-refractivity contribution in [2.75, 3.05) is 38.2 Å². The number of carbonyl (C=O) groups is 1. The fourth-order valence-corrected chi connectivity index (χ4v) is 4.38. The molecule has 4 aromatic rings. The molecule has 1 aliphatic rings. The average molecular weight is 521 g/mol. The van der Waals surface area contributed by atoms with E-state index in [-0.39, 0.29) is 17.7 Å². The van der Waals surface area contributed by atoms with Gasteiger partial charge in [-0.2, -0.15) is 0 Å². The minimum atomic E-state index is -0.300. The van der Waals surface area contributed by atoms with Crippen LogP contribution in [-0.4, -0.2) is 59.2 Å². The highest BCUT2D eigenvalue weighted by atomic mass is 35.5. The molecule has 2 aromatic heterocycles. The van der Waals surface area contributed by atoms with Crippen LogP contribution in [-0.2, 0) is 12.4 Å². The standard InChI is InChI=1S/C27H26ClFN6O2/c1-37-21-8-2-18(3-9-21)17-30-27(36)35-14-12-34(13-15-35)26-25-23(31-24(16-28)33-26)11-10-22(32-25)19-4-6-20(29)7-5-19/h2-11H,12-17H2,1H3,(H,30,36). The number of ether oxygens (including phenoxy) is 1. The number of hydrogen-bond donors (Lipinski definition) is 1. The molecule has 1 N–H and O–H groups in total. The predicted molar refractivity (Wildman–Crippen MR) is 141 cm³/mol. The molecule has 5 rings (SSSR count). The van der Waals surface area contributed by atoms with Crippen molar-refractivity contribution in [3.8, 4) is 17.0 Å². The SMILES string of the molecule is COc1ccc(CNC(=O)N2CCN(c3nc(CCl)nc4ccc(-c5ccc(F)cc5)nc34)CC2)cc1. The van der Waals surface area contributed by atoms with Gasteiger partial charge in [0.2, 0.25) is 0 Å². The first kappa shape index (κ1) is 24.7. The quantitative estimate of drug-likeness (QED) is 0.374. The third kappa shape index (κ3) is 5.56. The number of hydrogen-bond acceptors (Lipinski definition) is 6. The number of aromatic nitrogens is 3. The third-order valence-corrected chi connectivity index (χ3v) is 6.54. The van der Waals surface area contributed by atoms with E-state index in [4.69, 9.17) is 21.3 Å². The van der Waals surface area contributed by atoms with E-state index in [1.54, 1.807) is 24.1 Å². The van der Waals surface area contributed by atoms with E-state index in [0.717, 1.165) is 16.9 Å². The van der Waals surface area contributed by atoms with Crippen LogP contribution in [0.5, 0.6) is 5.75 Å². The van der Waals surface area contributed by atoms with Crippen molar-refractivity contribution < 1.29 is 13.9 Å². The number of amides is 2. The van der Waals surface area contributed by atoms with E-state index >= 15 is 0 Å². The molecule has 2 amide bonds. The molecule has 3 heterocycles. The summed E-state index contributed by atoms with van der Waals surface area (Å²) in [5.41, 5.74) is 3.83. The van der Waals surface area contributed by atoms with Gasteiger partial charge in [0.25, 0.3) is 0 Å². The number of pyridine rings is 1. The number of benzene rings is 2. The second-order valence-electron chi connectivity index (χ2n) is 8.65. The number of urea groups is 1. The first-order valence-electron chi connectivity index (χ1n) is 11.9. The Kier molecular flexibility index (Phi) is 7.32. The van der Waals surface area contributed by atoms with Gasteiger partial charge in [-0.15, -0.1) is 11.6 Å². The second kappa shape index (κ2) is 11.0. The average Bonchev–Trinajstić information content (AvgIpc) is 2.95. The Labute approximate surface area is 219 Å². The summed E-state index contributed by atoms with van der Waals surface area (Å²) >= 11 is 6.08. The minimum absolute atomic E-state index is 0.110. The van der Waals surface area contributed by atoms with Crippen molar-refractivity contribution in [2.45, 2.75) is 12.4 Å². The van der Waals surface area contributed by atoms with Gasteiger partial charge in [-0.1, -0.05) is 12.1 Å². The summed E-state index contributed by atoms with van der Waals surface area (Å²) in [5.74, 6) is 1.85. The maximum absolute atomic E-state index is 13.4.